The Morgan fingerprint density at radius 1 is 1.13 bits per heavy atom. The minimum absolute atomic E-state index is 0.0129. The Hall–Kier alpha value is -3.22. The molecule has 0 spiro atoms. The molecule has 3 aromatic rings. The second kappa shape index (κ2) is 6.65. The Kier molecular flexibility index (Phi) is 3.91. The summed E-state index contributed by atoms with van der Waals surface area (Å²) in [6.07, 6.45) is 9.26. The molecule has 1 fully saturated rings. The van der Waals surface area contributed by atoms with E-state index in [1.165, 1.54) is 36.8 Å². The van der Waals surface area contributed by atoms with Crippen LogP contribution in [0.1, 0.15) is 59.5 Å². The summed E-state index contributed by atoms with van der Waals surface area (Å²) in [7, 11) is 0. The van der Waals surface area contributed by atoms with Gasteiger partial charge >= 0.3 is 0 Å². The van der Waals surface area contributed by atoms with E-state index < -0.39 is 0 Å². The summed E-state index contributed by atoms with van der Waals surface area (Å²) < 4.78 is 0. The van der Waals surface area contributed by atoms with E-state index in [2.05, 4.69) is 33.2 Å². The van der Waals surface area contributed by atoms with Crippen molar-refractivity contribution in [2.75, 3.05) is 10.6 Å². The number of nitrogens with two attached hydrogens (primary N) is 1. The lowest BCUT2D eigenvalue weighted by Crippen LogP contribution is -2.27. The van der Waals surface area contributed by atoms with Gasteiger partial charge in [0.05, 0.1) is 13.0 Å². The van der Waals surface area contributed by atoms with Crippen molar-refractivity contribution < 1.29 is 4.79 Å². The maximum Gasteiger partial charge on any atom is 0.233 e. The van der Waals surface area contributed by atoms with Crippen LogP contribution in [0.4, 0.5) is 11.6 Å². The topological polar surface area (TPSA) is 101 Å². The highest BCUT2D eigenvalue weighted by molar-refractivity contribution is 6.01. The Bertz CT molecular complexity index is 1160. The van der Waals surface area contributed by atoms with Gasteiger partial charge in [-0.15, -0.1) is 0 Å². The van der Waals surface area contributed by atoms with Crippen LogP contribution in [0, 0.1) is 0 Å². The number of aryl methyl sites for hydroxylation is 2. The summed E-state index contributed by atoms with van der Waals surface area (Å²) in [4.78, 5) is 31.5. The number of nitrogens with one attached hydrogen (secondary N) is 1. The quantitative estimate of drug-likeness (QED) is 0.700. The molecular formula is C23H24N6O. The first-order chi connectivity index (χ1) is 14.7. The molecule has 0 atom stereocenters. The fourth-order valence-corrected chi connectivity index (χ4v) is 4.63. The number of amides is 1. The average Bonchev–Trinajstić information content (AvgIpc) is 3.40. The smallest absolute Gasteiger partial charge is 0.233 e. The number of carbonyl (C=O) groups excluding carboxylic acids is 1. The van der Waals surface area contributed by atoms with Crippen LogP contribution in [0.3, 0.4) is 0 Å². The number of aromatic amines is 1. The maximum absolute atomic E-state index is 12.8. The monoisotopic (exact) mass is 400 g/mol. The van der Waals surface area contributed by atoms with E-state index in [1.54, 1.807) is 4.90 Å². The zero-order chi connectivity index (χ0) is 20.2. The van der Waals surface area contributed by atoms with Gasteiger partial charge in [-0.05, 0) is 55.2 Å². The number of carbonyl (C=O) groups is 1. The largest absolute Gasteiger partial charge is 0.383 e. The molecule has 0 saturated heterocycles. The van der Waals surface area contributed by atoms with E-state index in [0.717, 1.165) is 29.7 Å². The van der Waals surface area contributed by atoms with Crippen LogP contribution in [0.25, 0.3) is 11.6 Å². The van der Waals surface area contributed by atoms with Crippen molar-refractivity contribution in [3.05, 3.63) is 52.3 Å². The third-order valence-electron chi connectivity index (χ3n) is 6.48. The first kappa shape index (κ1) is 17.6. The first-order valence-corrected chi connectivity index (χ1v) is 10.8. The van der Waals surface area contributed by atoms with Gasteiger partial charge in [0.15, 0.2) is 11.6 Å². The van der Waals surface area contributed by atoms with Crippen molar-refractivity contribution in [1.29, 1.82) is 0 Å². The van der Waals surface area contributed by atoms with Crippen molar-refractivity contribution >= 4 is 17.5 Å². The molecule has 1 aliphatic heterocycles. The molecule has 2 aromatic heterocycles. The number of benzene rings is 1. The molecule has 0 unspecified atom stereocenters. The molecule has 0 radical (unpaired) electrons. The molecule has 0 bridgehead atoms. The molecule has 3 heterocycles. The molecule has 7 nitrogen and oxygen atoms in total. The van der Waals surface area contributed by atoms with Gasteiger partial charge in [-0.2, -0.15) is 0 Å². The van der Waals surface area contributed by atoms with Crippen molar-refractivity contribution in [3.8, 4) is 11.6 Å². The number of nitrogen functional groups attached to an aromatic ring is 1. The second-order valence-corrected chi connectivity index (χ2v) is 8.66. The van der Waals surface area contributed by atoms with Gasteiger partial charge < -0.3 is 10.7 Å². The summed E-state index contributed by atoms with van der Waals surface area (Å²) in [6.45, 7) is 0.500. The Labute approximate surface area is 174 Å². The number of imidazole rings is 1. The van der Waals surface area contributed by atoms with Crippen LogP contribution >= 0.6 is 0 Å². The van der Waals surface area contributed by atoms with Crippen LogP contribution in [0.5, 0.6) is 0 Å². The number of aromatic nitrogens is 4. The Balaban J connectivity index is 1.34. The zero-order valence-electron chi connectivity index (χ0n) is 16.8. The highest BCUT2D eigenvalue weighted by atomic mass is 16.2. The molecule has 1 aromatic carbocycles. The molecule has 3 aliphatic rings. The predicted molar refractivity (Wildman–Crippen MR) is 114 cm³/mol. The fourth-order valence-electron chi connectivity index (χ4n) is 4.63. The number of H-pyrrole nitrogens is 1. The van der Waals surface area contributed by atoms with Gasteiger partial charge in [0.2, 0.25) is 5.91 Å². The van der Waals surface area contributed by atoms with Gasteiger partial charge in [-0.1, -0.05) is 18.2 Å². The molecule has 1 amide bonds. The molecular weight excluding hydrogens is 376 g/mol. The second-order valence-electron chi connectivity index (χ2n) is 8.66. The van der Waals surface area contributed by atoms with Gasteiger partial charge in [-0.3, -0.25) is 9.69 Å². The Morgan fingerprint density at radius 3 is 2.80 bits per heavy atom. The average molecular weight is 400 g/mol. The third-order valence-corrected chi connectivity index (χ3v) is 6.48. The van der Waals surface area contributed by atoms with E-state index in [9.17, 15) is 4.79 Å². The first-order valence-electron chi connectivity index (χ1n) is 10.8. The lowest BCUT2D eigenvalue weighted by molar-refractivity contribution is -0.117. The minimum atomic E-state index is 0.0129. The minimum Gasteiger partial charge on any atom is -0.383 e. The van der Waals surface area contributed by atoms with Crippen molar-refractivity contribution in [3.63, 3.8) is 0 Å². The van der Waals surface area contributed by atoms with Crippen LogP contribution in [0.15, 0.2) is 24.4 Å². The maximum atomic E-state index is 12.8. The van der Waals surface area contributed by atoms with Gasteiger partial charge in [0, 0.05) is 23.4 Å². The fraction of sp³-hybridized carbons (Fsp3) is 0.391. The van der Waals surface area contributed by atoms with E-state index in [0.29, 0.717) is 35.7 Å². The zero-order valence-corrected chi connectivity index (χ0v) is 16.8. The number of fused-ring (bicyclic) bond motifs is 2. The summed E-state index contributed by atoms with van der Waals surface area (Å²) in [6, 6.07) is 6.60. The summed E-state index contributed by atoms with van der Waals surface area (Å²) in [5.74, 6) is 2.62. The highest BCUT2D eigenvalue weighted by Crippen LogP contribution is 2.40. The van der Waals surface area contributed by atoms with E-state index in [-0.39, 0.29) is 12.3 Å². The van der Waals surface area contributed by atoms with Crippen molar-refractivity contribution in [2.24, 2.45) is 0 Å². The molecule has 7 heteroatoms. The summed E-state index contributed by atoms with van der Waals surface area (Å²) in [5.41, 5.74) is 12.0. The van der Waals surface area contributed by atoms with E-state index in [4.69, 9.17) is 10.7 Å². The number of hydrogen-bond acceptors (Lipinski definition) is 5. The van der Waals surface area contributed by atoms with Crippen LogP contribution in [-0.4, -0.2) is 25.8 Å². The number of nitrogens with zero attached hydrogens (tertiary/aromatic N) is 4. The molecule has 30 heavy (non-hydrogen) atoms. The van der Waals surface area contributed by atoms with Crippen LogP contribution < -0.4 is 10.6 Å². The van der Waals surface area contributed by atoms with Crippen molar-refractivity contribution in [1.82, 2.24) is 19.9 Å². The Morgan fingerprint density at radius 2 is 1.97 bits per heavy atom. The van der Waals surface area contributed by atoms with E-state index in [1.807, 2.05) is 6.20 Å². The molecule has 1 saturated carbocycles. The molecule has 6 rings (SSSR count). The van der Waals surface area contributed by atoms with Gasteiger partial charge in [-0.25, -0.2) is 15.0 Å². The summed E-state index contributed by atoms with van der Waals surface area (Å²) in [5, 5.41) is 0. The van der Waals surface area contributed by atoms with Crippen molar-refractivity contribution in [2.45, 2.75) is 57.4 Å². The third kappa shape index (κ3) is 2.96. The molecule has 3 N–H and O–H groups in total. The normalized spacial score (nSPS) is 17.9. The summed E-state index contributed by atoms with van der Waals surface area (Å²) >= 11 is 0. The highest BCUT2D eigenvalue weighted by Gasteiger charge is 2.33. The van der Waals surface area contributed by atoms with Crippen LogP contribution in [0.2, 0.25) is 0 Å². The predicted octanol–water partition coefficient (Wildman–Crippen LogP) is 3.29. The lowest BCUT2D eigenvalue weighted by Gasteiger charge is -2.20. The lowest BCUT2D eigenvalue weighted by atomic mass is 9.90. The number of rotatable bonds is 4. The molecule has 2 aliphatic carbocycles. The van der Waals surface area contributed by atoms with Gasteiger partial charge in [0.25, 0.3) is 0 Å². The SMILES string of the molecule is Nc1nc(-c2ncc(C3CC3)[nH]2)nc2c1CC(=O)N2Cc1ccc2c(c1)CCCC2. The van der Waals surface area contributed by atoms with Crippen LogP contribution in [-0.2, 0) is 30.6 Å². The van der Waals surface area contributed by atoms with Gasteiger partial charge in [0.1, 0.15) is 11.6 Å². The number of anilines is 2. The standard InChI is InChI=1S/C23H24N6O/c24-20-17-10-19(30)29(12-13-5-6-14-3-1-2-4-16(14)9-13)23(17)28-22(27-20)21-25-11-18(26-21)15-7-8-15/h5-6,9,11,15H,1-4,7-8,10,12H2,(H,25,26)(H2,24,27,28). The molecule has 152 valence electrons. The number of hydrogen-bond donors (Lipinski definition) is 2. The van der Waals surface area contributed by atoms with E-state index >= 15 is 0 Å².